The van der Waals surface area contributed by atoms with Gasteiger partial charge in [0.15, 0.2) is 0 Å². The lowest BCUT2D eigenvalue weighted by Crippen LogP contribution is -2.36. The van der Waals surface area contributed by atoms with Crippen molar-refractivity contribution in [3.63, 3.8) is 0 Å². The Hall–Kier alpha value is -4.62. The van der Waals surface area contributed by atoms with Crippen LogP contribution in [0.3, 0.4) is 0 Å². The number of hydrogen-bond acceptors (Lipinski definition) is 7. The molecule has 0 spiro atoms. The van der Waals surface area contributed by atoms with Crippen molar-refractivity contribution in [2.75, 3.05) is 6.54 Å². The van der Waals surface area contributed by atoms with E-state index in [0.717, 1.165) is 12.1 Å². The zero-order valence-corrected chi connectivity index (χ0v) is 18.4. The summed E-state index contributed by atoms with van der Waals surface area (Å²) in [4.78, 5) is 26.8. The van der Waals surface area contributed by atoms with Crippen LogP contribution in [-0.4, -0.2) is 55.4 Å². The highest BCUT2D eigenvalue weighted by atomic mass is 19.4. The van der Waals surface area contributed by atoms with Crippen LogP contribution in [0.15, 0.2) is 42.5 Å². The summed E-state index contributed by atoms with van der Waals surface area (Å²) in [7, 11) is 0. The first kappa shape index (κ1) is 23.1. The van der Waals surface area contributed by atoms with Gasteiger partial charge in [-0.15, -0.1) is 18.3 Å². The molecular formula is C22H18F3N7O4. The number of amides is 2. The molecule has 2 aromatic heterocycles. The molecule has 2 aromatic carbocycles. The Bertz CT molecular complexity index is 1420. The molecule has 0 saturated heterocycles. The van der Waals surface area contributed by atoms with E-state index in [4.69, 9.17) is 4.74 Å². The Balaban J connectivity index is 1.16. The number of benzene rings is 2. The third kappa shape index (κ3) is 5.06. The second-order valence-corrected chi connectivity index (χ2v) is 7.92. The number of H-pyrrole nitrogens is 2. The van der Waals surface area contributed by atoms with Gasteiger partial charge in [0.2, 0.25) is 5.88 Å². The summed E-state index contributed by atoms with van der Waals surface area (Å²) < 4.78 is 45.8. The Morgan fingerprint density at radius 1 is 1.06 bits per heavy atom. The minimum Gasteiger partial charge on any atom is -0.406 e. The molecule has 5 rings (SSSR count). The monoisotopic (exact) mass is 501 g/mol. The number of alkyl halides is 3. The van der Waals surface area contributed by atoms with Gasteiger partial charge < -0.3 is 19.7 Å². The fraction of sp³-hybridized carbons (Fsp3) is 0.227. The molecule has 36 heavy (non-hydrogen) atoms. The number of halogens is 3. The standard InChI is InChI=1S/C22H18F3N7O4/c23-22(24,25)36-14-4-1-12(2-5-14)10-26-21(34)35-19-15-7-8-32(11-18(15)27-30-19)20(33)13-3-6-16-17(9-13)29-31-28-16/h1-6,9H,7-8,10-11H2,(H,26,34)(H,27,30)(H,28,29,31). The van der Waals surface area contributed by atoms with Gasteiger partial charge in [-0.1, -0.05) is 12.1 Å². The summed E-state index contributed by atoms with van der Waals surface area (Å²) in [5.74, 6) is -0.428. The summed E-state index contributed by atoms with van der Waals surface area (Å²) in [5, 5.41) is 19.9. The first-order valence-electron chi connectivity index (χ1n) is 10.7. The van der Waals surface area contributed by atoms with Gasteiger partial charge in [-0.25, -0.2) is 4.79 Å². The van der Waals surface area contributed by atoms with Gasteiger partial charge >= 0.3 is 12.5 Å². The van der Waals surface area contributed by atoms with E-state index in [2.05, 4.69) is 35.7 Å². The number of ether oxygens (including phenoxy) is 2. The van der Waals surface area contributed by atoms with Crippen LogP contribution in [0.25, 0.3) is 11.0 Å². The number of carbonyl (C=O) groups is 2. The summed E-state index contributed by atoms with van der Waals surface area (Å²) in [6, 6.07) is 10.2. The second kappa shape index (κ2) is 9.20. The summed E-state index contributed by atoms with van der Waals surface area (Å²) in [6.45, 7) is 0.678. The van der Waals surface area contributed by atoms with Crippen molar-refractivity contribution >= 4 is 23.0 Å². The maximum atomic E-state index is 12.9. The van der Waals surface area contributed by atoms with E-state index in [-0.39, 0.29) is 30.6 Å². The maximum Gasteiger partial charge on any atom is 0.573 e. The number of rotatable bonds is 5. The highest BCUT2D eigenvalue weighted by Crippen LogP contribution is 2.27. The minimum absolute atomic E-state index is 0.0237. The summed E-state index contributed by atoms with van der Waals surface area (Å²) in [5.41, 5.74) is 3.62. The molecule has 14 heteroatoms. The van der Waals surface area contributed by atoms with Gasteiger partial charge in [-0.3, -0.25) is 9.89 Å². The fourth-order valence-electron chi connectivity index (χ4n) is 3.81. The molecule has 3 heterocycles. The Kier molecular flexibility index (Phi) is 5.91. The zero-order valence-electron chi connectivity index (χ0n) is 18.4. The van der Waals surface area contributed by atoms with Crippen LogP contribution in [0, 0.1) is 0 Å². The first-order valence-corrected chi connectivity index (χ1v) is 10.7. The van der Waals surface area contributed by atoms with E-state index in [1.54, 1.807) is 23.1 Å². The quantitative estimate of drug-likeness (QED) is 0.382. The van der Waals surface area contributed by atoms with Crippen molar-refractivity contribution in [1.29, 1.82) is 0 Å². The smallest absolute Gasteiger partial charge is 0.406 e. The third-order valence-corrected chi connectivity index (χ3v) is 5.53. The van der Waals surface area contributed by atoms with Crippen LogP contribution in [0.2, 0.25) is 0 Å². The van der Waals surface area contributed by atoms with Gasteiger partial charge in [0.1, 0.15) is 16.8 Å². The number of fused-ring (bicyclic) bond motifs is 2. The molecule has 0 bridgehead atoms. The van der Waals surface area contributed by atoms with Crippen LogP contribution < -0.4 is 14.8 Å². The molecular weight excluding hydrogens is 483 g/mol. The molecule has 4 aromatic rings. The van der Waals surface area contributed by atoms with Crippen LogP contribution >= 0.6 is 0 Å². The zero-order chi connectivity index (χ0) is 25.3. The first-order chi connectivity index (χ1) is 17.2. The number of nitrogens with one attached hydrogen (secondary N) is 3. The highest BCUT2D eigenvalue weighted by molar-refractivity contribution is 5.97. The van der Waals surface area contributed by atoms with Crippen LogP contribution in [0.4, 0.5) is 18.0 Å². The SMILES string of the molecule is O=C(NCc1ccc(OC(F)(F)F)cc1)Oc1n[nH]c2c1CCN(C(=O)c1ccc3n[nH]nc3c1)C2. The second-order valence-electron chi connectivity index (χ2n) is 7.92. The van der Waals surface area contributed by atoms with Gasteiger partial charge in [0, 0.05) is 24.2 Å². The van der Waals surface area contributed by atoms with Gasteiger partial charge in [-0.2, -0.15) is 15.4 Å². The fourth-order valence-corrected chi connectivity index (χ4v) is 3.81. The molecule has 0 radical (unpaired) electrons. The predicted octanol–water partition coefficient (Wildman–Crippen LogP) is 3.07. The summed E-state index contributed by atoms with van der Waals surface area (Å²) in [6.07, 6.45) is -5.13. The van der Waals surface area contributed by atoms with Crippen LogP contribution in [0.1, 0.15) is 27.2 Å². The third-order valence-electron chi connectivity index (χ3n) is 5.53. The Morgan fingerprint density at radius 2 is 1.83 bits per heavy atom. The largest absolute Gasteiger partial charge is 0.573 e. The van der Waals surface area contributed by atoms with E-state index in [9.17, 15) is 22.8 Å². The number of hydrogen-bond donors (Lipinski definition) is 3. The van der Waals surface area contributed by atoms with Crippen molar-refractivity contribution in [1.82, 2.24) is 35.8 Å². The van der Waals surface area contributed by atoms with Crippen molar-refractivity contribution in [3.05, 3.63) is 64.8 Å². The Labute approximate surface area is 200 Å². The lowest BCUT2D eigenvalue weighted by molar-refractivity contribution is -0.274. The van der Waals surface area contributed by atoms with Gasteiger partial charge in [0.25, 0.3) is 5.91 Å². The van der Waals surface area contributed by atoms with E-state index in [1.807, 2.05) is 0 Å². The average Bonchev–Trinajstić information content (AvgIpc) is 3.48. The number of aromatic amines is 2. The topological polar surface area (TPSA) is 138 Å². The normalized spacial score (nSPS) is 13.4. The molecule has 11 nitrogen and oxygen atoms in total. The minimum atomic E-state index is -4.78. The van der Waals surface area contributed by atoms with Crippen molar-refractivity contribution in [3.8, 4) is 11.6 Å². The lowest BCUT2D eigenvalue weighted by Gasteiger charge is -2.26. The Morgan fingerprint density at radius 3 is 2.61 bits per heavy atom. The maximum absolute atomic E-state index is 12.9. The van der Waals surface area contributed by atoms with E-state index < -0.39 is 12.5 Å². The molecule has 1 aliphatic rings. The average molecular weight is 501 g/mol. The van der Waals surface area contributed by atoms with Crippen molar-refractivity contribution < 1.29 is 32.2 Å². The number of nitrogens with zero attached hydrogens (tertiary/aromatic N) is 4. The molecule has 0 aliphatic carbocycles. The van der Waals surface area contributed by atoms with E-state index in [0.29, 0.717) is 46.4 Å². The number of carbonyl (C=O) groups excluding carboxylic acids is 2. The van der Waals surface area contributed by atoms with E-state index in [1.165, 1.54) is 12.1 Å². The van der Waals surface area contributed by atoms with Crippen molar-refractivity contribution in [2.24, 2.45) is 0 Å². The van der Waals surface area contributed by atoms with E-state index >= 15 is 0 Å². The molecule has 1 aliphatic heterocycles. The molecule has 186 valence electrons. The van der Waals surface area contributed by atoms with Crippen molar-refractivity contribution in [2.45, 2.75) is 25.9 Å². The molecule has 0 fully saturated rings. The highest BCUT2D eigenvalue weighted by Gasteiger charge is 2.31. The molecule has 2 amide bonds. The molecule has 0 unspecified atom stereocenters. The lowest BCUT2D eigenvalue weighted by atomic mass is 10.1. The van der Waals surface area contributed by atoms with Gasteiger partial charge in [-0.05, 0) is 42.3 Å². The summed E-state index contributed by atoms with van der Waals surface area (Å²) >= 11 is 0. The predicted molar refractivity (Wildman–Crippen MR) is 117 cm³/mol. The van der Waals surface area contributed by atoms with Crippen LogP contribution in [-0.2, 0) is 19.5 Å². The van der Waals surface area contributed by atoms with Crippen LogP contribution in [0.5, 0.6) is 11.6 Å². The number of aromatic nitrogens is 5. The van der Waals surface area contributed by atoms with Gasteiger partial charge in [0.05, 0.1) is 12.2 Å². The molecule has 0 atom stereocenters. The molecule has 3 N–H and O–H groups in total. The molecule has 0 saturated carbocycles.